The molecule has 5 heteroatoms. The zero-order valence-corrected chi connectivity index (χ0v) is 16.7. The molecule has 0 saturated heterocycles. The van der Waals surface area contributed by atoms with Crippen LogP contribution in [0.1, 0.15) is 11.1 Å². The van der Waals surface area contributed by atoms with Crippen molar-refractivity contribution in [2.24, 2.45) is 9.98 Å². The summed E-state index contributed by atoms with van der Waals surface area (Å²) < 4.78 is 0. The summed E-state index contributed by atoms with van der Waals surface area (Å²) in [6, 6.07) is 22.3. The van der Waals surface area contributed by atoms with E-state index in [-0.39, 0.29) is 28.6 Å². The van der Waals surface area contributed by atoms with Crippen LogP contribution in [0.2, 0.25) is 0 Å². The van der Waals surface area contributed by atoms with Crippen LogP contribution < -0.4 is 10.2 Å². The van der Waals surface area contributed by atoms with Crippen LogP contribution in [0, 0.1) is 0 Å². The van der Waals surface area contributed by atoms with Gasteiger partial charge in [-0.1, -0.05) is 84.3 Å². The molecule has 0 aliphatic rings. The second-order valence-corrected chi connectivity index (χ2v) is 6.47. The Balaban J connectivity index is 0.00000240. The molecule has 0 N–H and O–H groups in total. The van der Waals surface area contributed by atoms with Gasteiger partial charge in [0, 0.05) is 12.4 Å². The average molecular weight is 422 g/mol. The van der Waals surface area contributed by atoms with E-state index in [0.29, 0.717) is 24.2 Å². The molecule has 4 nitrogen and oxygen atoms in total. The summed E-state index contributed by atoms with van der Waals surface area (Å²) in [6.45, 7) is 0.885. The first-order valence-corrected chi connectivity index (χ1v) is 9.11. The van der Waals surface area contributed by atoms with Gasteiger partial charge in [-0.3, -0.25) is 9.98 Å². The Morgan fingerprint density at radius 2 is 1.00 bits per heavy atom. The van der Waals surface area contributed by atoms with Gasteiger partial charge in [-0.05, 0) is 32.7 Å². The molecular weight excluding hydrogens is 404 g/mol. The molecule has 0 unspecified atom stereocenters. The maximum Gasteiger partial charge on any atom is 2.00 e. The van der Waals surface area contributed by atoms with Crippen LogP contribution in [0.15, 0.2) is 82.8 Å². The normalized spacial score (nSPS) is 11.4. The smallest absolute Gasteiger partial charge is 0.872 e. The molecule has 0 aliphatic carbocycles. The minimum atomic E-state index is -0.0438. The summed E-state index contributed by atoms with van der Waals surface area (Å²) in [6.07, 6.45) is 3.24. The topological polar surface area (TPSA) is 70.8 Å². The molecule has 0 aromatic heterocycles. The molecule has 0 heterocycles. The zero-order valence-electron chi connectivity index (χ0n) is 15.6. The van der Waals surface area contributed by atoms with E-state index in [1.807, 2.05) is 60.7 Å². The van der Waals surface area contributed by atoms with E-state index in [0.717, 1.165) is 21.5 Å². The van der Waals surface area contributed by atoms with Crippen molar-refractivity contribution in [1.29, 1.82) is 0 Å². The molecule has 0 saturated carbocycles. The Bertz CT molecular complexity index is 1110. The van der Waals surface area contributed by atoms with Crippen molar-refractivity contribution < 1.29 is 27.3 Å². The molecular formula is C24H18FeN2O2. The first-order valence-electron chi connectivity index (χ1n) is 9.11. The predicted molar refractivity (Wildman–Crippen MR) is 112 cm³/mol. The number of hydrogen-bond donors (Lipinski definition) is 0. The fourth-order valence-electron chi connectivity index (χ4n) is 3.24. The standard InChI is InChI=1S/C24H20N2O2.Fe/c27-23-11-9-17-5-1-3-7-19(17)21(23)15-25-13-14-26-16-22-20-8-4-2-6-18(20)10-12-24(22)28;/h1-12,15-16,27-28H,13-14H2;/q;+2/p-2. The van der Waals surface area contributed by atoms with Gasteiger partial charge in [0.05, 0.1) is 13.1 Å². The van der Waals surface area contributed by atoms with Crippen molar-refractivity contribution in [2.45, 2.75) is 0 Å². The van der Waals surface area contributed by atoms with E-state index >= 15 is 0 Å². The van der Waals surface area contributed by atoms with Gasteiger partial charge in [0.25, 0.3) is 0 Å². The molecule has 0 aliphatic heterocycles. The van der Waals surface area contributed by atoms with Crippen LogP contribution in [0.5, 0.6) is 11.5 Å². The van der Waals surface area contributed by atoms with E-state index in [9.17, 15) is 10.2 Å². The van der Waals surface area contributed by atoms with Gasteiger partial charge >= 0.3 is 17.1 Å². The second-order valence-electron chi connectivity index (χ2n) is 6.47. The van der Waals surface area contributed by atoms with Gasteiger partial charge in [0.1, 0.15) is 0 Å². The SMILES string of the molecule is [Fe+2].[O-]c1ccc2ccccc2c1C=NCCN=Cc1c([O-])ccc2ccccc12. The summed E-state index contributed by atoms with van der Waals surface area (Å²) in [5.41, 5.74) is 1.19. The Hall–Kier alpha value is -3.14. The van der Waals surface area contributed by atoms with Crippen LogP contribution in [0.3, 0.4) is 0 Å². The van der Waals surface area contributed by atoms with Crippen LogP contribution in [-0.2, 0) is 17.1 Å². The molecule has 0 amide bonds. The molecule has 4 rings (SSSR count). The fourth-order valence-corrected chi connectivity index (χ4v) is 3.24. The third-order valence-electron chi connectivity index (χ3n) is 4.66. The summed E-state index contributed by atoms with van der Waals surface area (Å²) >= 11 is 0. The molecule has 29 heavy (non-hydrogen) atoms. The second kappa shape index (κ2) is 9.37. The summed E-state index contributed by atoms with van der Waals surface area (Å²) in [5, 5.41) is 28.1. The summed E-state index contributed by atoms with van der Waals surface area (Å²) in [4.78, 5) is 8.70. The minimum Gasteiger partial charge on any atom is -0.872 e. The number of benzene rings is 4. The molecule has 0 atom stereocenters. The van der Waals surface area contributed by atoms with Crippen LogP contribution in [0.4, 0.5) is 0 Å². The monoisotopic (exact) mass is 422 g/mol. The Morgan fingerprint density at radius 3 is 1.45 bits per heavy atom. The number of hydrogen-bond acceptors (Lipinski definition) is 4. The van der Waals surface area contributed by atoms with E-state index in [1.54, 1.807) is 24.6 Å². The number of rotatable bonds is 5. The van der Waals surface area contributed by atoms with Gasteiger partial charge in [-0.25, -0.2) is 0 Å². The summed E-state index contributed by atoms with van der Waals surface area (Å²) in [7, 11) is 0. The van der Waals surface area contributed by atoms with Gasteiger partial charge < -0.3 is 10.2 Å². The first-order chi connectivity index (χ1) is 13.7. The van der Waals surface area contributed by atoms with Crippen molar-refractivity contribution in [3.8, 4) is 11.5 Å². The molecule has 0 bridgehead atoms. The van der Waals surface area contributed by atoms with Gasteiger partial charge in [-0.15, -0.1) is 0 Å². The van der Waals surface area contributed by atoms with Crippen molar-refractivity contribution in [3.05, 3.63) is 83.9 Å². The Kier molecular flexibility index (Phi) is 6.65. The first kappa shape index (κ1) is 20.6. The molecule has 4 aromatic carbocycles. The minimum absolute atomic E-state index is 0. The predicted octanol–water partition coefficient (Wildman–Crippen LogP) is 3.68. The van der Waals surface area contributed by atoms with Gasteiger partial charge in [0.15, 0.2) is 0 Å². The van der Waals surface area contributed by atoms with Crippen molar-refractivity contribution >= 4 is 34.0 Å². The van der Waals surface area contributed by atoms with E-state index in [4.69, 9.17) is 0 Å². The van der Waals surface area contributed by atoms with Crippen LogP contribution in [0.25, 0.3) is 21.5 Å². The third kappa shape index (κ3) is 4.48. The molecule has 4 aromatic rings. The van der Waals surface area contributed by atoms with Crippen LogP contribution >= 0.6 is 0 Å². The summed E-state index contributed by atoms with van der Waals surface area (Å²) in [5.74, 6) is -0.0876. The molecule has 144 valence electrons. The Labute approximate surface area is 179 Å². The molecule has 0 radical (unpaired) electrons. The van der Waals surface area contributed by atoms with Crippen molar-refractivity contribution in [1.82, 2.24) is 0 Å². The molecule has 0 fully saturated rings. The third-order valence-corrected chi connectivity index (χ3v) is 4.66. The van der Waals surface area contributed by atoms with E-state index < -0.39 is 0 Å². The average Bonchev–Trinajstić information content (AvgIpc) is 2.73. The number of aliphatic imine (C=N–C) groups is 2. The zero-order chi connectivity index (χ0) is 19.3. The number of nitrogens with zero attached hydrogens (tertiary/aromatic N) is 2. The largest absolute Gasteiger partial charge is 2.00 e. The van der Waals surface area contributed by atoms with Crippen molar-refractivity contribution in [2.75, 3.05) is 13.1 Å². The number of fused-ring (bicyclic) bond motifs is 2. The fraction of sp³-hybridized carbons (Fsp3) is 0.0833. The van der Waals surface area contributed by atoms with Gasteiger partial charge in [-0.2, -0.15) is 0 Å². The maximum atomic E-state index is 12.1. The van der Waals surface area contributed by atoms with Crippen molar-refractivity contribution in [3.63, 3.8) is 0 Å². The Morgan fingerprint density at radius 1 is 0.586 bits per heavy atom. The quantitative estimate of drug-likeness (QED) is 0.280. The molecule has 0 spiro atoms. The van der Waals surface area contributed by atoms with E-state index in [2.05, 4.69) is 9.98 Å². The van der Waals surface area contributed by atoms with Gasteiger partial charge in [0.2, 0.25) is 0 Å². The van der Waals surface area contributed by atoms with E-state index in [1.165, 1.54) is 0 Å². The van der Waals surface area contributed by atoms with Crippen LogP contribution in [-0.4, -0.2) is 25.5 Å². The maximum absolute atomic E-state index is 12.1.